The number of rotatable bonds is 72. The van der Waals surface area contributed by atoms with Gasteiger partial charge in [-0.3, -0.25) is 32.5 Å². The molecular formula is C81H138O16P2. The summed E-state index contributed by atoms with van der Waals surface area (Å²) >= 11 is 0. The Morgan fingerprint density at radius 1 is 0.293 bits per heavy atom. The van der Waals surface area contributed by atoms with Gasteiger partial charge in [0.25, 0.3) is 0 Å². The first-order valence-electron chi connectivity index (χ1n) is 38.5. The summed E-state index contributed by atoms with van der Waals surface area (Å²) < 4.78 is 61.1. The summed E-state index contributed by atoms with van der Waals surface area (Å²) in [5.74, 6) is -1.61. The molecule has 0 radical (unpaired) electrons. The number of aliphatic hydroxyl groups is 2. The van der Waals surface area contributed by atoms with Crippen LogP contribution in [0.3, 0.4) is 0 Å². The molecule has 0 heterocycles. The van der Waals surface area contributed by atoms with Gasteiger partial charge in [0.2, 0.25) is 0 Å². The molecule has 0 aliphatic carbocycles. The summed E-state index contributed by atoms with van der Waals surface area (Å²) in [6.07, 6.45) is 87.8. The molecule has 99 heavy (non-hydrogen) atoms. The zero-order chi connectivity index (χ0) is 72.3. The molecule has 16 nitrogen and oxygen atoms in total. The Balaban J connectivity index is 4.59. The van der Waals surface area contributed by atoms with Crippen LogP contribution in [0, 0.1) is 0 Å². The normalized spacial score (nSPS) is 14.8. The fourth-order valence-electron chi connectivity index (χ4n) is 10.0. The van der Waals surface area contributed by atoms with Gasteiger partial charge in [-0.25, -0.2) is 9.13 Å². The second-order valence-electron chi connectivity index (χ2n) is 25.4. The Kier molecular flexibility index (Phi) is 70.2. The second kappa shape index (κ2) is 73.4. The number of hydrogen-bond donors (Lipinski definition) is 4. The van der Waals surface area contributed by atoms with Gasteiger partial charge in [-0.15, -0.1) is 0 Å². The molecule has 0 bridgehead atoms. The topological polar surface area (TPSA) is 231 Å². The molecule has 0 saturated carbocycles. The number of esters is 3. The van der Waals surface area contributed by atoms with Gasteiger partial charge in [0.05, 0.1) is 26.4 Å². The van der Waals surface area contributed by atoms with Gasteiger partial charge >= 0.3 is 33.6 Å². The highest BCUT2D eigenvalue weighted by Crippen LogP contribution is 2.45. The number of carbonyl (C=O) groups excluding carboxylic acids is 3. The van der Waals surface area contributed by atoms with Crippen molar-refractivity contribution in [1.29, 1.82) is 0 Å². The van der Waals surface area contributed by atoms with Gasteiger partial charge in [0.1, 0.15) is 25.4 Å². The third-order valence-electron chi connectivity index (χ3n) is 15.8. The minimum absolute atomic E-state index is 0.0877. The van der Waals surface area contributed by atoms with Crippen molar-refractivity contribution in [1.82, 2.24) is 0 Å². The Morgan fingerprint density at radius 3 is 0.859 bits per heavy atom. The Hall–Kier alpha value is -4.31. The summed E-state index contributed by atoms with van der Waals surface area (Å²) in [4.78, 5) is 58.6. The van der Waals surface area contributed by atoms with E-state index in [9.17, 15) is 43.5 Å². The molecule has 0 aromatic carbocycles. The highest BCUT2D eigenvalue weighted by Gasteiger charge is 2.29. The second-order valence-corrected chi connectivity index (χ2v) is 28.3. The van der Waals surface area contributed by atoms with Crippen molar-refractivity contribution in [3.8, 4) is 0 Å². The predicted octanol–water partition coefficient (Wildman–Crippen LogP) is 22.3. The van der Waals surface area contributed by atoms with Crippen LogP contribution >= 0.6 is 15.6 Å². The van der Waals surface area contributed by atoms with Crippen LogP contribution in [-0.4, -0.2) is 95.9 Å². The molecule has 0 spiro atoms. The molecule has 5 unspecified atom stereocenters. The van der Waals surface area contributed by atoms with Crippen LogP contribution in [0.4, 0.5) is 0 Å². The summed E-state index contributed by atoms with van der Waals surface area (Å²) in [7, 11) is -9.80. The van der Waals surface area contributed by atoms with E-state index in [1.807, 2.05) is 0 Å². The van der Waals surface area contributed by atoms with Crippen LogP contribution in [0.5, 0.6) is 0 Å². The predicted molar refractivity (Wildman–Crippen MR) is 408 cm³/mol. The maximum absolute atomic E-state index is 13.0. The van der Waals surface area contributed by atoms with E-state index in [0.29, 0.717) is 19.3 Å². The molecule has 0 saturated heterocycles. The lowest BCUT2D eigenvalue weighted by Crippen LogP contribution is -2.30. The lowest BCUT2D eigenvalue weighted by molar-refractivity contribution is -0.161. The van der Waals surface area contributed by atoms with Crippen LogP contribution in [0.2, 0.25) is 0 Å². The number of unbranched alkanes of at least 4 members (excludes halogenated alkanes) is 27. The van der Waals surface area contributed by atoms with Crippen molar-refractivity contribution in [2.45, 2.75) is 322 Å². The molecule has 0 aliphatic rings. The third-order valence-corrected chi connectivity index (χ3v) is 17.7. The average molecular weight is 1430 g/mol. The van der Waals surface area contributed by atoms with Gasteiger partial charge in [0, 0.05) is 19.3 Å². The monoisotopic (exact) mass is 1430 g/mol. The van der Waals surface area contributed by atoms with E-state index < -0.39 is 91.5 Å². The minimum atomic E-state index is -4.94. The fraction of sp³-hybridized carbons (Fsp3) is 0.691. The Labute approximate surface area is 601 Å². The zero-order valence-electron chi connectivity index (χ0n) is 61.9. The number of aliphatic hydroxyl groups excluding tert-OH is 2. The van der Waals surface area contributed by atoms with E-state index in [1.165, 1.54) is 83.5 Å². The quantitative estimate of drug-likeness (QED) is 0.0146. The van der Waals surface area contributed by atoms with Gasteiger partial charge in [-0.05, 0) is 135 Å². The number of phosphoric ester groups is 2. The van der Waals surface area contributed by atoms with E-state index in [1.54, 1.807) is 0 Å². The van der Waals surface area contributed by atoms with Crippen molar-refractivity contribution in [3.63, 3.8) is 0 Å². The smallest absolute Gasteiger partial charge is 0.463 e. The lowest BCUT2D eigenvalue weighted by atomic mass is 10.0. The first kappa shape index (κ1) is 94.7. The van der Waals surface area contributed by atoms with Crippen molar-refractivity contribution >= 4 is 33.6 Å². The molecule has 0 amide bonds. The average Bonchev–Trinajstić information content (AvgIpc) is 1.44. The highest BCUT2D eigenvalue weighted by molar-refractivity contribution is 7.47. The molecule has 0 fully saturated rings. The molecule has 5 atom stereocenters. The maximum Gasteiger partial charge on any atom is 0.472 e. The molecule has 18 heteroatoms. The summed E-state index contributed by atoms with van der Waals surface area (Å²) in [5.41, 5.74) is 0. The number of hydrogen-bond acceptors (Lipinski definition) is 14. The zero-order valence-corrected chi connectivity index (χ0v) is 63.7. The van der Waals surface area contributed by atoms with Crippen LogP contribution in [-0.2, 0) is 55.8 Å². The molecular weight excluding hydrogens is 1290 g/mol. The summed E-state index contributed by atoms with van der Waals surface area (Å²) in [6.45, 7) is 2.42. The van der Waals surface area contributed by atoms with Crippen molar-refractivity contribution < 1.29 is 75.8 Å². The number of ether oxygens (including phenoxy) is 3. The molecule has 568 valence electrons. The number of allylic oxidation sites excluding steroid dienone is 22. The molecule has 4 N–H and O–H groups in total. The maximum atomic E-state index is 13.0. The van der Waals surface area contributed by atoms with Crippen LogP contribution in [0.1, 0.15) is 303 Å². The first-order valence-corrected chi connectivity index (χ1v) is 41.5. The lowest BCUT2D eigenvalue weighted by Gasteiger charge is -2.21. The Bertz CT molecular complexity index is 2330. The number of carbonyl (C=O) groups is 3. The number of phosphoric acid groups is 2. The van der Waals surface area contributed by atoms with Gasteiger partial charge in [-0.1, -0.05) is 283 Å². The van der Waals surface area contributed by atoms with E-state index in [0.717, 1.165) is 161 Å². The largest absolute Gasteiger partial charge is 0.472 e. The fourth-order valence-corrected chi connectivity index (χ4v) is 11.6. The summed E-state index contributed by atoms with van der Waals surface area (Å²) in [5, 5.41) is 20.6. The summed E-state index contributed by atoms with van der Waals surface area (Å²) in [6, 6.07) is 0. The van der Waals surface area contributed by atoms with Crippen LogP contribution in [0.25, 0.3) is 0 Å². The first-order chi connectivity index (χ1) is 48.2. The standard InChI is InChI=1S/C81H138O16P2/c1-4-7-10-13-16-19-22-25-28-30-32-34-35-36-37-38-39-41-43-44-47-49-52-55-58-61-64-67-79(84)91-70-76(82)71-93-98(87,88)94-72-77(83)73-95-99(89,90)96-75-78(97-81(86)69-66-63-60-57-54-51-46-27-24-21-18-15-12-9-6-3)74-92-80(85)68-65-62-59-56-53-50-48-45-42-40-33-31-29-26-23-20-17-14-11-8-5-2/h7-8,10-11,16-17,19-20,25-29,32-34,36-37,40,45-46,48,76-78,82-83H,4-6,9,12-15,18,21-24,30-31,35,38-39,41-44,47,49-75H2,1-3H3,(H,87,88)(H,89,90)/b10-7-,11-8-,19-16-,20-17-,28-25-,29-26-,34-32-,37-36-,40-33-,46-27-,48-45-. The Morgan fingerprint density at radius 2 is 0.535 bits per heavy atom. The molecule has 0 aromatic heterocycles. The molecule has 0 aliphatic heterocycles. The molecule has 0 aromatic rings. The third kappa shape index (κ3) is 74.7. The van der Waals surface area contributed by atoms with Gasteiger partial charge in [0.15, 0.2) is 6.10 Å². The highest BCUT2D eigenvalue weighted by atomic mass is 31.2. The van der Waals surface area contributed by atoms with Crippen molar-refractivity contribution in [3.05, 3.63) is 134 Å². The van der Waals surface area contributed by atoms with Crippen LogP contribution < -0.4 is 0 Å². The van der Waals surface area contributed by atoms with E-state index in [-0.39, 0.29) is 19.3 Å². The van der Waals surface area contributed by atoms with Crippen LogP contribution in [0.15, 0.2) is 134 Å². The van der Waals surface area contributed by atoms with Gasteiger partial charge in [-0.2, -0.15) is 0 Å². The van der Waals surface area contributed by atoms with Crippen molar-refractivity contribution in [2.75, 3.05) is 39.6 Å². The van der Waals surface area contributed by atoms with E-state index in [4.69, 9.17) is 32.3 Å². The minimum Gasteiger partial charge on any atom is -0.463 e. The van der Waals surface area contributed by atoms with Gasteiger partial charge < -0.3 is 34.2 Å². The molecule has 0 rings (SSSR count). The van der Waals surface area contributed by atoms with E-state index >= 15 is 0 Å². The SMILES string of the molecule is CC/C=C\C/C=C\C/C=C\C/C=C\C/C=C\CCCCCCCCCCCCCC(=O)OCC(O)COP(=O)(O)OCC(O)COP(=O)(O)OCC(COC(=O)CCCCCCC/C=C\C/C=C\C/C=C\C/C=C\C/C=C\CC)OC(=O)CCCCCCC/C=C\CCCCCCCC. The van der Waals surface area contributed by atoms with E-state index in [2.05, 4.69) is 154 Å². The van der Waals surface area contributed by atoms with Crippen molar-refractivity contribution in [2.24, 2.45) is 0 Å².